The maximum Gasteiger partial charge on any atom is 0.146 e. The molecule has 0 atom stereocenters. The fraction of sp³-hybridized carbons (Fsp3) is 0.357. The topological polar surface area (TPSA) is 39.1 Å². The largest absolute Gasteiger partial charge is 0.484 e. The number of nitrogens with one attached hydrogen (secondary N) is 1. The third-order valence-corrected chi connectivity index (χ3v) is 3.53. The van der Waals surface area contributed by atoms with Gasteiger partial charge in [0.1, 0.15) is 18.2 Å². The Morgan fingerprint density at radius 1 is 1.42 bits per heavy atom. The van der Waals surface area contributed by atoms with Gasteiger partial charge in [0.05, 0.1) is 4.47 Å². The SMILES string of the molecule is CCn1ccnc1COc1c(Br)cccc1CNC. The Morgan fingerprint density at radius 3 is 3.00 bits per heavy atom. The van der Waals surface area contributed by atoms with Crippen LogP contribution in [0, 0.1) is 0 Å². The Balaban J connectivity index is 2.15. The highest BCUT2D eigenvalue weighted by atomic mass is 79.9. The van der Waals surface area contributed by atoms with Crippen molar-refractivity contribution in [3.8, 4) is 5.75 Å². The van der Waals surface area contributed by atoms with E-state index in [-0.39, 0.29) is 0 Å². The van der Waals surface area contributed by atoms with E-state index >= 15 is 0 Å². The number of benzene rings is 1. The van der Waals surface area contributed by atoms with Crippen molar-refractivity contribution in [2.24, 2.45) is 0 Å². The van der Waals surface area contributed by atoms with Gasteiger partial charge in [-0.25, -0.2) is 4.98 Å². The Bertz CT molecular complexity index is 539. The molecule has 0 fully saturated rings. The van der Waals surface area contributed by atoms with E-state index < -0.39 is 0 Å². The maximum atomic E-state index is 5.94. The van der Waals surface area contributed by atoms with Crippen LogP contribution in [0.25, 0.3) is 0 Å². The molecule has 2 rings (SSSR count). The first-order valence-corrected chi connectivity index (χ1v) is 7.10. The highest BCUT2D eigenvalue weighted by Crippen LogP contribution is 2.29. The Morgan fingerprint density at radius 2 is 2.26 bits per heavy atom. The van der Waals surface area contributed by atoms with Gasteiger partial charge in [-0.2, -0.15) is 0 Å². The third kappa shape index (κ3) is 3.36. The molecule has 0 aliphatic carbocycles. The van der Waals surface area contributed by atoms with Crippen LogP contribution in [0.4, 0.5) is 0 Å². The molecular formula is C14H18BrN3O. The van der Waals surface area contributed by atoms with E-state index in [1.165, 1.54) is 0 Å². The van der Waals surface area contributed by atoms with Crippen LogP contribution in [0.5, 0.6) is 5.75 Å². The highest BCUT2D eigenvalue weighted by Gasteiger charge is 2.09. The third-order valence-electron chi connectivity index (χ3n) is 2.90. The molecule has 0 radical (unpaired) electrons. The average molecular weight is 324 g/mol. The first kappa shape index (κ1) is 14.1. The number of rotatable bonds is 6. The van der Waals surface area contributed by atoms with Gasteiger partial charge in [-0.15, -0.1) is 0 Å². The lowest BCUT2D eigenvalue weighted by Gasteiger charge is -2.13. The Labute approximate surface area is 121 Å². The second-order valence-corrected chi connectivity index (χ2v) is 5.03. The summed E-state index contributed by atoms with van der Waals surface area (Å²) in [7, 11) is 1.93. The van der Waals surface area contributed by atoms with E-state index in [9.17, 15) is 0 Å². The number of ether oxygens (including phenoxy) is 1. The van der Waals surface area contributed by atoms with Gasteiger partial charge < -0.3 is 14.6 Å². The molecule has 1 heterocycles. The summed E-state index contributed by atoms with van der Waals surface area (Å²) in [6.07, 6.45) is 3.77. The lowest BCUT2D eigenvalue weighted by Crippen LogP contribution is -2.10. The van der Waals surface area contributed by atoms with Crippen LogP contribution in [0.3, 0.4) is 0 Å². The standard InChI is InChI=1S/C14H18BrN3O/c1-3-18-8-7-17-13(18)10-19-14-11(9-16-2)5-4-6-12(14)15/h4-8,16H,3,9-10H2,1-2H3. The van der Waals surface area contributed by atoms with E-state index in [0.29, 0.717) is 6.61 Å². The van der Waals surface area contributed by atoms with Crippen molar-refractivity contribution < 1.29 is 4.74 Å². The number of halogens is 1. The van der Waals surface area contributed by atoms with Crippen LogP contribution in [0.1, 0.15) is 18.3 Å². The van der Waals surface area contributed by atoms with Gasteiger partial charge in [0.25, 0.3) is 0 Å². The zero-order valence-electron chi connectivity index (χ0n) is 11.2. The van der Waals surface area contributed by atoms with Gasteiger partial charge in [0.2, 0.25) is 0 Å². The van der Waals surface area contributed by atoms with Crippen molar-refractivity contribution in [2.75, 3.05) is 7.05 Å². The molecular weight excluding hydrogens is 306 g/mol. The minimum atomic E-state index is 0.472. The summed E-state index contributed by atoms with van der Waals surface area (Å²) in [4.78, 5) is 4.31. The van der Waals surface area contributed by atoms with Crippen LogP contribution in [0.15, 0.2) is 35.1 Å². The van der Waals surface area contributed by atoms with E-state index in [4.69, 9.17) is 4.74 Å². The molecule has 1 aromatic heterocycles. The van der Waals surface area contributed by atoms with Crippen LogP contribution in [-0.4, -0.2) is 16.6 Å². The second-order valence-electron chi connectivity index (χ2n) is 4.18. The molecule has 0 amide bonds. The summed E-state index contributed by atoms with van der Waals surface area (Å²) in [5.74, 6) is 1.82. The van der Waals surface area contributed by atoms with Gasteiger partial charge in [-0.1, -0.05) is 12.1 Å². The second kappa shape index (κ2) is 6.73. The van der Waals surface area contributed by atoms with Gasteiger partial charge >= 0.3 is 0 Å². The van der Waals surface area contributed by atoms with Crippen molar-refractivity contribution in [1.82, 2.24) is 14.9 Å². The molecule has 0 unspecified atom stereocenters. The summed E-state index contributed by atoms with van der Waals surface area (Å²) in [5, 5.41) is 3.15. The zero-order valence-corrected chi connectivity index (χ0v) is 12.8. The molecule has 0 aliphatic heterocycles. The monoisotopic (exact) mass is 323 g/mol. The Kier molecular flexibility index (Phi) is 4.99. The van der Waals surface area contributed by atoms with Crippen LogP contribution >= 0.6 is 15.9 Å². The van der Waals surface area contributed by atoms with Crippen molar-refractivity contribution in [3.63, 3.8) is 0 Å². The molecule has 1 aromatic carbocycles. The fourth-order valence-corrected chi connectivity index (χ4v) is 2.47. The highest BCUT2D eigenvalue weighted by molar-refractivity contribution is 9.10. The summed E-state index contributed by atoms with van der Waals surface area (Å²) in [6, 6.07) is 6.06. The molecule has 4 nitrogen and oxygen atoms in total. The molecule has 5 heteroatoms. The first-order chi connectivity index (χ1) is 9.26. The maximum absolute atomic E-state index is 5.94. The predicted molar refractivity (Wildman–Crippen MR) is 79.1 cm³/mol. The van der Waals surface area contributed by atoms with Gasteiger partial charge in [-0.3, -0.25) is 0 Å². The molecule has 0 saturated heterocycles. The smallest absolute Gasteiger partial charge is 0.146 e. The summed E-state index contributed by atoms with van der Waals surface area (Å²) in [5.41, 5.74) is 1.13. The lowest BCUT2D eigenvalue weighted by molar-refractivity contribution is 0.284. The van der Waals surface area contributed by atoms with Gasteiger partial charge in [0.15, 0.2) is 0 Å². The van der Waals surface area contributed by atoms with Crippen LogP contribution in [-0.2, 0) is 19.7 Å². The van der Waals surface area contributed by atoms with E-state index in [1.807, 2.05) is 25.4 Å². The molecule has 0 saturated carbocycles. The van der Waals surface area contributed by atoms with Gasteiger partial charge in [-0.05, 0) is 36.0 Å². The molecule has 102 valence electrons. The summed E-state index contributed by atoms with van der Waals surface area (Å²) >= 11 is 3.54. The number of para-hydroxylation sites is 1. The minimum absolute atomic E-state index is 0.472. The molecule has 1 N–H and O–H groups in total. The summed E-state index contributed by atoms with van der Waals surface area (Å²) in [6.45, 7) is 4.24. The fourth-order valence-electron chi connectivity index (χ4n) is 1.95. The number of nitrogens with zero attached hydrogens (tertiary/aromatic N) is 2. The Hall–Kier alpha value is -1.33. The summed E-state index contributed by atoms with van der Waals surface area (Å²) < 4.78 is 8.98. The quantitative estimate of drug-likeness (QED) is 0.888. The number of imidazole rings is 1. The molecule has 0 spiro atoms. The van der Waals surface area contributed by atoms with Crippen LogP contribution < -0.4 is 10.1 Å². The van der Waals surface area contributed by atoms with E-state index in [0.717, 1.165) is 34.7 Å². The minimum Gasteiger partial charge on any atom is -0.484 e. The van der Waals surface area contributed by atoms with Crippen molar-refractivity contribution in [3.05, 3.63) is 46.5 Å². The molecule has 0 aliphatic rings. The molecule has 2 aromatic rings. The van der Waals surface area contributed by atoms with E-state index in [2.05, 4.69) is 43.8 Å². The van der Waals surface area contributed by atoms with Crippen LogP contribution in [0.2, 0.25) is 0 Å². The molecule has 19 heavy (non-hydrogen) atoms. The van der Waals surface area contributed by atoms with Crippen molar-refractivity contribution >= 4 is 15.9 Å². The number of aryl methyl sites for hydroxylation is 1. The number of aromatic nitrogens is 2. The van der Waals surface area contributed by atoms with Gasteiger partial charge in [0, 0.05) is 31.0 Å². The van der Waals surface area contributed by atoms with Crippen molar-refractivity contribution in [1.29, 1.82) is 0 Å². The predicted octanol–water partition coefficient (Wildman–Crippen LogP) is 2.96. The number of hydrogen-bond acceptors (Lipinski definition) is 3. The average Bonchev–Trinajstić information content (AvgIpc) is 2.86. The number of hydrogen-bond donors (Lipinski definition) is 1. The zero-order chi connectivity index (χ0) is 13.7. The molecule has 0 bridgehead atoms. The van der Waals surface area contributed by atoms with E-state index in [1.54, 1.807) is 6.20 Å². The van der Waals surface area contributed by atoms with Crippen molar-refractivity contribution in [2.45, 2.75) is 26.6 Å². The lowest BCUT2D eigenvalue weighted by atomic mass is 10.2. The normalized spacial score (nSPS) is 10.7. The first-order valence-electron chi connectivity index (χ1n) is 6.31.